The number of primary sulfonamides is 1. The van der Waals surface area contributed by atoms with Crippen molar-refractivity contribution in [2.45, 2.75) is 17.9 Å². The van der Waals surface area contributed by atoms with Crippen molar-refractivity contribution < 1.29 is 35.9 Å². The van der Waals surface area contributed by atoms with Gasteiger partial charge in [-0.05, 0) is 42.0 Å². The van der Waals surface area contributed by atoms with Crippen LogP contribution in [-0.4, -0.2) is 20.7 Å². The summed E-state index contributed by atoms with van der Waals surface area (Å²) in [4.78, 5) is 11.7. The van der Waals surface area contributed by atoms with Crippen LogP contribution in [0.1, 0.15) is 15.9 Å². The molecule has 134 valence electrons. The van der Waals surface area contributed by atoms with E-state index in [1.165, 1.54) is 24.3 Å². The van der Waals surface area contributed by atoms with E-state index in [-0.39, 0.29) is 22.8 Å². The second-order valence-electron chi connectivity index (χ2n) is 4.84. The van der Waals surface area contributed by atoms with E-state index >= 15 is 0 Å². The zero-order chi connectivity index (χ0) is 18.7. The van der Waals surface area contributed by atoms with Crippen molar-refractivity contribution >= 4 is 16.0 Å². The van der Waals surface area contributed by atoms with E-state index in [2.05, 4.69) is 4.74 Å². The van der Waals surface area contributed by atoms with Crippen molar-refractivity contribution in [2.24, 2.45) is 5.14 Å². The molecular formula is C15H12F3NO5S. The number of nitrogens with two attached hydrogens (primary N) is 1. The number of ether oxygens (including phenoxy) is 2. The molecule has 2 N–H and O–H groups in total. The van der Waals surface area contributed by atoms with Gasteiger partial charge in [0.25, 0.3) is 0 Å². The summed E-state index contributed by atoms with van der Waals surface area (Å²) in [6.45, 7) is -0.179. The van der Waals surface area contributed by atoms with Crippen LogP contribution >= 0.6 is 0 Å². The molecule has 2 aromatic carbocycles. The molecule has 0 fully saturated rings. The van der Waals surface area contributed by atoms with Gasteiger partial charge >= 0.3 is 12.3 Å². The Kier molecular flexibility index (Phi) is 5.33. The van der Waals surface area contributed by atoms with Gasteiger partial charge in [-0.2, -0.15) is 0 Å². The van der Waals surface area contributed by atoms with Crippen LogP contribution in [0.5, 0.6) is 5.75 Å². The number of alkyl halides is 3. The quantitative estimate of drug-likeness (QED) is 0.811. The molecule has 0 aromatic heterocycles. The minimum absolute atomic E-state index is 0.101. The Balaban J connectivity index is 1.95. The Morgan fingerprint density at radius 2 is 1.56 bits per heavy atom. The number of carbonyl (C=O) groups is 1. The number of hydrogen-bond acceptors (Lipinski definition) is 5. The van der Waals surface area contributed by atoms with Gasteiger partial charge in [0.2, 0.25) is 10.0 Å². The van der Waals surface area contributed by atoms with Crippen LogP contribution in [0.2, 0.25) is 0 Å². The van der Waals surface area contributed by atoms with Crippen LogP contribution in [0, 0.1) is 0 Å². The fourth-order valence-corrected chi connectivity index (χ4v) is 2.32. The Morgan fingerprint density at radius 1 is 1.00 bits per heavy atom. The first-order valence-corrected chi connectivity index (χ1v) is 8.24. The van der Waals surface area contributed by atoms with Gasteiger partial charge in [-0.3, -0.25) is 0 Å². The normalized spacial score (nSPS) is 11.8. The molecule has 10 heteroatoms. The summed E-state index contributed by atoms with van der Waals surface area (Å²) in [5.74, 6) is -1.11. The molecular weight excluding hydrogens is 363 g/mol. The third kappa shape index (κ3) is 5.76. The molecule has 0 bridgehead atoms. The summed E-state index contributed by atoms with van der Waals surface area (Å²) in [6, 6.07) is 9.63. The number of sulfonamides is 1. The predicted octanol–water partition coefficient (Wildman–Crippen LogP) is 2.59. The Labute approximate surface area is 141 Å². The average molecular weight is 375 g/mol. The second-order valence-corrected chi connectivity index (χ2v) is 6.40. The summed E-state index contributed by atoms with van der Waals surface area (Å²) >= 11 is 0. The van der Waals surface area contributed by atoms with Crippen LogP contribution in [0.25, 0.3) is 0 Å². The summed E-state index contributed by atoms with van der Waals surface area (Å²) in [7, 11) is -3.86. The molecule has 0 amide bonds. The lowest BCUT2D eigenvalue weighted by Gasteiger charge is -2.09. The van der Waals surface area contributed by atoms with Crippen molar-refractivity contribution in [1.82, 2.24) is 0 Å². The summed E-state index contributed by atoms with van der Waals surface area (Å²) in [6.07, 6.45) is -4.78. The summed E-state index contributed by atoms with van der Waals surface area (Å²) < 4.78 is 67.1. The van der Waals surface area contributed by atoms with Crippen molar-refractivity contribution in [2.75, 3.05) is 0 Å². The average Bonchev–Trinajstić information content (AvgIpc) is 2.52. The Hall–Kier alpha value is -2.59. The Morgan fingerprint density at radius 3 is 2.04 bits per heavy atom. The van der Waals surface area contributed by atoms with E-state index in [9.17, 15) is 26.4 Å². The molecule has 0 unspecified atom stereocenters. The lowest BCUT2D eigenvalue weighted by molar-refractivity contribution is -0.274. The summed E-state index contributed by atoms with van der Waals surface area (Å²) in [5.41, 5.74) is 0.549. The van der Waals surface area contributed by atoms with Gasteiger partial charge < -0.3 is 9.47 Å². The van der Waals surface area contributed by atoms with Crippen molar-refractivity contribution in [3.8, 4) is 5.75 Å². The van der Waals surface area contributed by atoms with E-state index in [0.717, 1.165) is 24.3 Å². The Bertz CT molecular complexity index is 846. The highest BCUT2D eigenvalue weighted by atomic mass is 32.2. The fourth-order valence-electron chi connectivity index (χ4n) is 1.80. The highest BCUT2D eigenvalue weighted by Crippen LogP contribution is 2.23. The fraction of sp³-hybridized carbons (Fsp3) is 0.133. The minimum atomic E-state index is -4.78. The molecule has 0 saturated carbocycles. The van der Waals surface area contributed by atoms with E-state index in [0.29, 0.717) is 5.56 Å². The third-order valence-corrected chi connectivity index (χ3v) is 3.87. The molecule has 0 spiro atoms. The van der Waals surface area contributed by atoms with Gasteiger partial charge in [0.15, 0.2) is 0 Å². The molecule has 0 aliphatic carbocycles. The van der Waals surface area contributed by atoms with Crippen LogP contribution in [0.4, 0.5) is 13.2 Å². The van der Waals surface area contributed by atoms with Gasteiger partial charge in [-0.25, -0.2) is 18.4 Å². The number of esters is 1. The maximum absolute atomic E-state index is 12.0. The smallest absolute Gasteiger partial charge is 0.457 e. The van der Waals surface area contributed by atoms with Gasteiger partial charge in [-0.1, -0.05) is 12.1 Å². The zero-order valence-electron chi connectivity index (χ0n) is 12.5. The largest absolute Gasteiger partial charge is 0.573 e. The first-order valence-electron chi connectivity index (χ1n) is 6.69. The van der Waals surface area contributed by atoms with Crippen LogP contribution in [0.3, 0.4) is 0 Å². The van der Waals surface area contributed by atoms with Crippen LogP contribution < -0.4 is 9.88 Å². The van der Waals surface area contributed by atoms with Crippen LogP contribution in [0.15, 0.2) is 53.4 Å². The number of halogens is 3. The van der Waals surface area contributed by atoms with Crippen molar-refractivity contribution in [3.63, 3.8) is 0 Å². The number of hydrogen-bond donors (Lipinski definition) is 1. The topological polar surface area (TPSA) is 95.7 Å². The molecule has 0 aliphatic rings. The molecule has 2 aromatic rings. The SMILES string of the molecule is NS(=O)(=O)c1ccc(C(=O)OCc2ccc(OC(F)(F)F)cc2)cc1. The lowest BCUT2D eigenvalue weighted by atomic mass is 10.2. The number of rotatable bonds is 5. The molecule has 0 atom stereocenters. The molecule has 25 heavy (non-hydrogen) atoms. The van der Waals surface area contributed by atoms with Crippen molar-refractivity contribution in [3.05, 3.63) is 59.7 Å². The highest BCUT2D eigenvalue weighted by molar-refractivity contribution is 7.89. The second kappa shape index (κ2) is 7.11. The van der Waals surface area contributed by atoms with Gasteiger partial charge in [0.05, 0.1) is 10.5 Å². The highest BCUT2D eigenvalue weighted by Gasteiger charge is 2.30. The summed E-state index contributed by atoms with van der Waals surface area (Å²) in [5, 5.41) is 4.94. The van der Waals surface area contributed by atoms with Crippen molar-refractivity contribution in [1.29, 1.82) is 0 Å². The van der Waals surface area contributed by atoms with Gasteiger partial charge in [0, 0.05) is 0 Å². The predicted molar refractivity (Wildman–Crippen MR) is 80.1 cm³/mol. The number of benzene rings is 2. The lowest BCUT2D eigenvalue weighted by Crippen LogP contribution is -2.17. The van der Waals surface area contributed by atoms with Gasteiger partial charge in [0.1, 0.15) is 12.4 Å². The minimum Gasteiger partial charge on any atom is -0.457 e. The van der Waals surface area contributed by atoms with E-state index in [1.54, 1.807) is 0 Å². The van der Waals surface area contributed by atoms with Crippen LogP contribution in [-0.2, 0) is 21.4 Å². The maximum atomic E-state index is 12.0. The molecule has 2 rings (SSSR count). The maximum Gasteiger partial charge on any atom is 0.573 e. The molecule has 0 radical (unpaired) electrons. The number of carbonyl (C=O) groups excluding carboxylic acids is 1. The first kappa shape index (κ1) is 18.7. The monoisotopic (exact) mass is 375 g/mol. The standard InChI is InChI=1S/C15H12F3NO5S/c16-15(17,18)24-12-5-1-10(2-6-12)9-23-14(20)11-3-7-13(8-4-11)25(19,21)22/h1-8H,9H2,(H2,19,21,22). The van der Waals surface area contributed by atoms with E-state index in [1.807, 2.05) is 0 Å². The molecule has 0 saturated heterocycles. The van der Waals surface area contributed by atoms with Gasteiger partial charge in [-0.15, -0.1) is 13.2 Å². The zero-order valence-corrected chi connectivity index (χ0v) is 13.3. The first-order chi connectivity index (χ1) is 11.5. The van der Waals surface area contributed by atoms with E-state index in [4.69, 9.17) is 9.88 Å². The molecule has 0 aliphatic heterocycles. The van der Waals surface area contributed by atoms with E-state index < -0.39 is 22.4 Å². The molecule has 6 nitrogen and oxygen atoms in total. The molecule has 0 heterocycles. The third-order valence-electron chi connectivity index (χ3n) is 2.95.